The minimum absolute atomic E-state index is 0.144. The second-order valence-electron chi connectivity index (χ2n) is 7.01. The van der Waals surface area contributed by atoms with Gasteiger partial charge in [-0.3, -0.25) is 4.79 Å². The van der Waals surface area contributed by atoms with Gasteiger partial charge in [-0.2, -0.15) is 0 Å². The van der Waals surface area contributed by atoms with Crippen molar-refractivity contribution in [1.29, 1.82) is 0 Å². The van der Waals surface area contributed by atoms with E-state index in [2.05, 4.69) is 10.2 Å². The number of nitrogens with zero attached hydrogens (tertiary/aromatic N) is 2. The van der Waals surface area contributed by atoms with Crippen LogP contribution in [0.1, 0.15) is 18.9 Å². The summed E-state index contributed by atoms with van der Waals surface area (Å²) >= 11 is 6.18. The molecule has 2 aliphatic rings. The van der Waals surface area contributed by atoms with Crippen LogP contribution in [0.5, 0.6) is 11.5 Å². The quantitative estimate of drug-likeness (QED) is 0.818. The molecule has 0 spiro atoms. The number of hydrogen-bond donors (Lipinski definition) is 2. The Morgan fingerprint density at radius 1 is 1.36 bits per heavy atom. The summed E-state index contributed by atoms with van der Waals surface area (Å²) in [7, 11) is 0. The van der Waals surface area contributed by atoms with E-state index >= 15 is 0 Å². The molecule has 2 heterocycles. The van der Waals surface area contributed by atoms with Crippen LogP contribution in [-0.2, 0) is 4.79 Å². The topological polar surface area (TPSA) is 74.2 Å². The summed E-state index contributed by atoms with van der Waals surface area (Å²) in [4.78, 5) is 18.7. The van der Waals surface area contributed by atoms with Crippen molar-refractivity contribution < 1.29 is 14.6 Å². The van der Waals surface area contributed by atoms with Gasteiger partial charge in [0.1, 0.15) is 17.3 Å². The standard InChI is InChI=1S/C21H22ClN3O3/c1-2-14(21(26)27)17-12-25(10-9-23-17)20-15-5-3-4-6-18(15)28-19-8-7-13(22)11-16(19)24-20/h3-8,11,14,17,23H,2,9-10,12H2,1H3,(H,26,27)/t14-,17?/m0/s1. The lowest BCUT2D eigenvalue weighted by molar-refractivity contribution is -0.143. The third-order valence-electron chi connectivity index (χ3n) is 5.24. The summed E-state index contributed by atoms with van der Waals surface area (Å²) in [5, 5.41) is 13.5. The molecule has 2 aromatic carbocycles. The van der Waals surface area contributed by atoms with Crippen LogP contribution < -0.4 is 10.1 Å². The summed E-state index contributed by atoms with van der Waals surface area (Å²) < 4.78 is 6.10. The van der Waals surface area contributed by atoms with Gasteiger partial charge >= 0.3 is 5.97 Å². The average Bonchev–Trinajstić information content (AvgIpc) is 2.85. The molecule has 2 atom stereocenters. The fourth-order valence-corrected chi connectivity index (χ4v) is 3.98. The number of carboxylic acids is 1. The molecule has 0 aliphatic carbocycles. The number of fused-ring (bicyclic) bond motifs is 2. The van der Waals surface area contributed by atoms with Crippen molar-refractivity contribution in [3.05, 3.63) is 53.1 Å². The number of aliphatic imine (C=N–C) groups is 1. The van der Waals surface area contributed by atoms with Gasteiger partial charge in [-0.25, -0.2) is 4.99 Å². The molecular weight excluding hydrogens is 378 g/mol. The van der Waals surface area contributed by atoms with E-state index in [4.69, 9.17) is 21.3 Å². The average molecular weight is 400 g/mol. The lowest BCUT2D eigenvalue weighted by Gasteiger charge is -2.38. The highest BCUT2D eigenvalue weighted by Gasteiger charge is 2.33. The molecule has 0 aromatic heterocycles. The number of aliphatic carboxylic acids is 1. The molecule has 0 saturated carbocycles. The summed E-state index contributed by atoms with van der Waals surface area (Å²) in [5.41, 5.74) is 1.55. The van der Waals surface area contributed by atoms with E-state index in [0.29, 0.717) is 36.0 Å². The van der Waals surface area contributed by atoms with Gasteiger partial charge in [0.15, 0.2) is 5.75 Å². The number of para-hydroxylation sites is 1. The smallest absolute Gasteiger partial charge is 0.308 e. The molecule has 6 nitrogen and oxygen atoms in total. The molecule has 28 heavy (non-hydrogen) atoms. The lowest BCUT2D eigenvalue weighted by atomic mass is 9.94. The summed E-state index contributed by atoms with van der Waals surface area (Å²) in [6.07, 6.45) is 0.575. The van der Waals surface area contributed by atoms with Crippen molar-refractivity contribution in [3.8, 4) is 11.5 Å². The first kappa shape index (κ1) is 18.8. The van der Waals surface area contributed by atoms with E-state index in [9.17, 15) is 9.90 Å². The molecule has 4 rings (SSSR count). The molecule has 1 fully saturated rings. The Morgan fingerprint density at radius 3 is 2.96 bits per heavy atom. The molecule has 2 aromatic rings. The van der Waals surface area contributed by atoms with Gasteiger partial charge in [-0.15, -0.1) is 0 Å². The minimum atomic E-state index is -0.773. The first-order chi connectivity index (χ1) is 13.6. The summed E-state index contributed by atoms with van der Waals surface area (Å²) in [5.74, 6) is 0.939. The van der Waals surface area contributed by atoms with Crippen molar-refractivity contribution in [2.45, 2.75) is 19.4 Å². The molecule has 1 unspecified atom stereocenters. The number of nitrogens with one attached hydrogen (secondary N) is 1. The van der Waals surface area contributed by atoms with Crippen molar-refractivity contribution in [2.24, 2.45) is 10.9 Å². The maximum Gasteiger partial charge on any atom is 0.308 e. The van der Waals surface area contributed by atoms with E-state index in [1.165, 1.54) is 0 Å². The summed E-state index contributed by atoms with van der Waals surface area (Å²) in [6.45, 7) is 3.90. The molecule has 0 amide bonds. The number of benzene rings is 2. The highest BCUT2D eigenvalue weighted by Crippen LogP contribution is 2.39. The van der Waals surface area contributed by atoms with Crippen molar-refractivity contribution in [1.82, 2.24) is 10.2 Å². The number of ether oxygens (including phenoxy) is 1. The summed E-state index contributed by atoms with van der Waals surface area (Å²) in [6, 6.07) is 13.0. The van der Waals surface area contributed by atoms with Crippen LogP contribution in [0, 0.1) is 5.92 Å². The minimum Gasteiger partial charge on any atom is -0.481 e. The van der Waals surface area contributed by atoms with Gasteiger partial charge in [-0.05, 0) is 36.8 Å². The number of amidine groups is 1. The van der Waals surface area contributed by atoms with E-state index < -0.39 is 11.9 Å². The van der Waals surface area contributed by atoms with Crippen LogP contribution in [0.3, 0.4) is 0 Å². The molecule has 0 bridgehead atoms. The van der Waals surface area contributed by atoms with Crippen molar-refractivity contribution >= 4 is 29.1 Å². The molecule has 1 saturated heterocycles. The van der Waals surface area contributed by atoms with Crippen LogP contribution in [0.4, 0.5) is 5.69 Å². The highest BCUT2D eigenvalue weighted by atomic mass is 35.5. The number of carboxylic acid groups (broad SMARTS) is 1. The number of hydrogen-bond acceptors (Lipinski definition) is 5. The SMILES string of the molecule is CC[C@H](C(=O)O)C1CN(C2=Nc3cc(Cl)ccc3Oc3ccccc32)CCN1. The first-order valence-electron chi connectivity index (χ1n) is 9.43. The second kappa shape index (κ2) is 7.81. The van der Waals surface area contributed by atoms with E-state index in [1.807, 2.05) is 37.3 Å². The van der Waals surface area contributed by atoms with Crippen LogP contribution in [0.15, 0.2) is 47.5 Å². The Hall–Kier alpha value is -2.57. The normalized spacial score (nSPS) is 19.6. The predicted molar refractivity (Wildman–Crippen MR) is 109 cm³/mol. The predicted octanol–water partition coefficient (Wildman–Crippen LogP) is 3.91. The zero-order valence-corrected chi connectivity index (χ0v) is 16.3. The lowest BCUT2D eigenvalue weighted by Crippen LogP contribution is -2.56. The molecule has 2 aliphatic heterocycles. The van der Waals surface area contributed by atoms with Crippen molar-refractivity contribution in [3.63, 3.8) is 0 Å². The molecular formula is C21H22ClN3O3. The highest BCUT2D eigenvalue weighted by molar-refractivity contribution is 6.31. The largest absolute Gasteiger partial charge is 0.481 e. The fraction of sp³-hybridized carbons (Fsp3) is 0.333. The molecule has 7 heteroatoms. The van der Waals surface area contributed by atoms with Crippen LogP contribution in [-0.4, -0.2) is 47.5 Å². The Balaban J connectivity index is 1.75. The zero-order valence-electron chi connectivity index (χ0n) is 15.6. The van der Waals surface area contributed by atoms with Gasteiger partial charge in [0.25, 0.3) is 0 Å². The molecule has 0 radical (unpaired) electrons. The van der Waals surface area contributed by atoms with E-state index in [0.717, 1.165) is 23.7 Å². The van der Waals surface area contributed by atoms with E-state index in [-0.39, 0.29) is 6.04 Å². The number of carbonyl (C=O) groups is 1. The fourth-order valence-electron chi connectivity index (χ4n) is 3.81. The number of piperazine rings is 1. The zero-order chi connectivity index (χ0) is 19.7. The number of rotatable bonds is 3. The molecule has 2 N–H and O–H groups in total. The first-order valence-corrected chi connectivity index (χ1v) is 9.81. The van der Waals surface area contributed by atoms with Crippen LogP contribution in [0.25, 0.3) is 0 Å². The third-order valence-corrected chi connectivity index (χ3v) is 5.48. The monoisotopic (exact) mass is 399 g/mol. The Morgan fingerprint density at radius 2 is 2.18 bits per heavy atom. The third kappa shape index (κ3) is 3.57. The second-order valence-corrected chi connectivity index (χ2v) is 7.44. The Bertz CT molecular complexity index is 931. The van der Waals surface area contributed by atoms with Gasteiger partial charge in [-0.1, -0.05) is 30.7 Å². The maximum absolute atomic E-state index is 11.6. The Labute approximate surface area is 168 Å². The maximum atomic E-state index is 11.6. The van der Waals surface area contributed by atoms with Gasteiger partial charge in [0, 0.05) is 30.7 Å². The van der Waals surface area contributed by atoms with Gasteiger partial charge in [0.05, 0.1) is 11.5 Å². The molecule has 146 valence electrons. The number of halogens is 1. The van der Waals surface area contributed by atoms with Crippen LogP contribution in [0.2, 0.25) is 5.02 Å². The van der Waals surface area contributed by atoms with Crippen LogP contribution >= 0.6 is 11.6 Å². The Kier molecular flexibility index (Phi) is 5.24. The van der Waals surface area contributed by atoms with Gasteiger partial charge in [0.2, 0.25) is 0 Å². The van der Waals surface area contributed by atoms with Crippen molar-refractivity contribution in [2.75, 3.05) is 19.6 Å². The van der Waals surface area contributed by atoms with E-state index in [1.54, 1.807) is 12.1 Å². The van der Waals surface area contributed by atoms with Gasteiger partial charge < -0.3 is 20.1 Å².